The molecule has 1 amide bonds. The van der Waals surface area contributed by atoms with Gasteiger partial charge >= 0.3 is 0 Å². The molecule has 20 heavy (non-hydrogen) atoms. The van der Waals surface area contributed by atoms with Gasteiger partial charge in [0.2, 0.25) is 0 Å². The predicted octanol–water partition coefficient (Wildman–Crippen LogP) is 2.72. The fourth-order valence-electron chi connectivity index (χ4n) is 2.19. The molecule has 0 fully saturated rings. The van der Waals surface area contributed by atoms with Crippen molar-refractivity contribution in [3.63, 3.8) is 0 Å². The molecule has 3 N–H and O–H groups in total. The van der Waals surface area contributed by atoms with Gasteiger partial charge in [0, 0.05) is 5.02 Å². The second kappa shape index (κ2) is 5.15. The molecule has 1 atom stereocenters. The van der Waals surface area contributed by atoms with Gasteiger partial charge in [0.05, 0.1) is 11.7 Å². The SMILES string of the molecule is NC(c1cccc(Cl)c1)c1ccc2c(c1)NC(=O)CO2. The Labute approximate surface area is 121 Å². The number of amides is 1. The Kier molecular flexibility index (Phi) is 3.34. The minimum atomic E-state index is -0.308. The molecule has 0 aliphatic carbocycles. The third kappa shape index (κ3) is 2.48. The first-order valence-corrected chi connectivity index (χ1v) is 6.59. The monoisotopic (exact) mass is 288 g/mol. The summed E-state index contributed by atoms with van der Waals surface area (Å²) in [6, 6.07) is 12.7. The number of hydrogen-bond acceptors (Lipinski definition) is 3. The normalized spacial score (nSPS) is 15.0. The van der Waals surface area contributed by atoms with E-state index < -0.39 is 0 Å². The van der Waals surface area contributed by atoms with Gasteiger partial charge in [0.1, 0.15) is 5.75 Å². The van der Waals surface area contributed by atoms with Crippen LogP contribution in [0.15, 0.2) is 42.5 Å². The summed E-state index contributed by atoms with van der Waals surface area (Å²) in [5.41, 5.74) is 8.69. The number of ether oxygens (including phenoxy) is 1. The van der Waals surface area contributed by atoms with E-state index in [0.717, 1.165) is 11.1 Å². The van der Waals surface area contributed by atoms with Crippen molar-refractivity contribution >= 4 is 23.2 Å². The number of carbonyl (C=O) groups excluding carboxylic acids is 1. The smallest absolute Gasteiger partial charge is 0.262 e. The van der Waals surface area contributed by atoms with Crippen LogP contribution in [-0.4, -0.2) is 12.5 Å². The Morgan fingerprint density at radius 3 is 2.80 bits per heavy atom. The van der Waals surface area contributed by atoms with Crippen molar-refractivity contribution in [2.24, 2.45) is 5.73 Å². The summed E-state index contributed by atoms with van der Waals surface area (Å²) in [6.07, 6.45) is 0. The number of rotatable bonds is 2. The average Bonchev–Trinajstić information content (AvgIpc) is 2.45. The lowest BCUT2D eigenvalue weighted by Gasteiger charge is -2.20. The molecular weight excluding hydrogens is 276 g/mol. The summed E-state index contributed by atoms with van der Waals surface area (Å²) in [4.78, 5) is 11.3. The van der Waals surface area contributed by atoms with Crippen molar-refractivity contribution < 1.29 is 9.53 Å². The predicted molar refractivity (Wildman–Crippen MR) is 78.0 cm³/mol. The first-order valence-electron chi connectivity index (χ1n) is 6.21. The summed E-state index contributed by atoms with van der Waals surface area (Å²) in [6.45, 7) is 0.0483. The van der Waals surface area contributed by atoms with Gasteiger partial charge in [-0.05, 0) is 35.4 Å². The molecule has 0 saturated carbocycles. The largest absolute Gasteiger partial charge is 0.482 e. The van der Waals surface area contributed by atoms with Crippen molar-refractivity contribution in [2.45, 2.75) is 6.04 Å². The molecule has 102 valence electrons. The maximum atomic E-state index is 11.3. The molecule has 5 heteroatoms. The maximum Gasteiger partial charge on any atom is 0.262 e. The molecule has 4 nitrogen and oxygen atoms in total. The fourth-order valence-corrected chi connectivity index (χ4v) is 2.39. The highest BCUT2D eigenvalue weighted by molar-refractivity contribution is 6.30. The van der Waals surface area contributed by atoms with Crippen LogP contribution in [0.5, 0.6) is 5.75 Å². The van der Waals surface area contributed by atoms with Gasteiger partial charge < -0.3 is 15.8 Å². The van der Waals surface area contributed by atoms with E-state index in [9.17, 15) is 4.79 Å². The number of anilines is 1. The summed E-state index contributed by atoms with van der Waals surface area (Å²) in [5, 5.41) is 3.42. The number of fused-ring (bicyclic) bond motifs is 1. The maximum absolute atomic E-state index is 11.3. The van der Waals surface area contributed by atoms with Crippen LogP contribution in [0.4, 0.5) is 5.69 Å². The lowest BCUT2D eigenvalue weighted by molar-refractivity contribution is -0.118. The molecule has 1 heterocycles. The zero-order chi connectivity index (χ0) is 14.1. The van der Waals surface area contributed by atoms with Crippen LogP contribution in [0.3, 0.4) is 0 Å². The molecule has 0 aromatic heterocycles. The van der Waals surface area contributed by atoms with Gasteiger partial charge in [-0.25, -0.2) is 0 Å². The molecule has 0 radical (unpaired) electrons. The van der Waals surface area contributed by atoms with Crippen LogP contribution in [0.1, 0.15) is 17.2 Å². The second-order valence-electron chi connectivity index (χ2n) is 4.63. The molecule has 0 spiro atoms. The van der Waals surface area contributed by atoms with E-state index in [-0.39, 0.29) is 18.6 Å². The van der Waals surface area contributed by atoms with E-state index in [1.807, 2.05) is 36.4 Å². The van der Waals surface area contributed by atoms with Crippen LogP contribution in [0.2, 0.25) is 5.02 Å². The Balaban J connectivity index is 1.94. The molecular formula is C15H13ClN2O2. The van der Waals surface area contributed by atoms with Gasteiger partial charge in [-0.15, -0.1) is 0 Å². The number of nitrogens with two attached hydrogens (primary N) is 1. The lowest BCUT2D eigenvalue weighted by atomic mass is 9.99. The van der Waals surface area contributed by atoms with Crippen LogP contribution in [0.25, 0.3) is 0 Å². The van der Waals surface area contributed by atoms with Crippen LogP contribution in [-0.2, 0) is 4.79 Å². The number of nitrogens with one attached hydrogen (secondary N) is 1. The minimum Gasteiger partial charge on any atom is -0.482 e. The number of benzene rings is 2. The number of hydrogen-bond donors (Lipinski definition) is 2. The molecule has 3 rings (SSSR count). The molecule has 2 aromatic rings. The van der Waals surface area contributed by atoms with Gasteiger partial charge in [-0.2, -0.15) is 0 Å². The standard InChI is InChI=1S/C15H13ClN2O2/c16-11-3-1-2-9(6-11)15(17)10-4-5-13-12(7-10)18-14(19)8-20-13/h1-7,15H,8,17H2,(H,18,19). The molecule has 2 aromatic carbocycles. The molecule has 1 unspecified atom stereocenters. The average molecular weight is 289 g/mol. The lowest BCUT2D eigenvalue weighted by Crippen LogP contribution is -2.25. The van der Waals surface area contributed by atoms with Crippen molar-refractivity contribution in [2.75, 3.05) is 11.9 Å². The van der Waals surface area contributed by atoms with Crippen molar-refractivity contribution in [1.29, 1.82) is 0 Å². The summed E-state index contributed by atoms with van der Waals surface area (Å²) >= 11 is 5.98. The highest BCUT2D eigenvalue weighted by atomic mass is 35.5. The molecule has 1 aliphatic rings. The van der Waals surface area contributed by atoms with Crippen LogP contribution < -0.4 is 15.8 Å². The van der Waals surface area contributed by atoms with Crippen LogP contribution >= 0.6 is 11.6 Å². The number of carbonyl (C=O) groups is 1. The second-order valence-corrected chi connectivity index (χ2v) is 5.06. The Morgan fingerprint density at radius 2 is 2.00 bits per heavy atom. The fraction of sp³-hybridized carbons (Fsp3) is 0.133. The third-order valence-corrected chi connectivity index (χ3v) is 3.44. The van der Waals surface area contributed by atoms with E-state index >= 15 is 0 Å². The topological polar surface area (TPSA) is 64.3 Å². The third-order valence-electron chi connectivity index (χ3n) is 3.20. The van der Waals surface area contributed by atoms with E-state index in [0.29, 0.717) is 16.5 Å². The van der Waals surface area contributed by atoms with Gasteiger partial charge in [-0.1, -0.05) is 29.8 Å². The first-order chi connectivity index (χ1) is 9.63. The summed E-state index contributed by atoms with van der Waals surface area (Å²) in [7, 11) is 0. The van der Waals surface area contributed by atoms with E-state index in [1.54, 1.807) is 6.07 Å². The molecule has 0 bridgehead atoms. The van der Waals surface area contributed by atoms with E-state index in [4.69, 9.17) is 22.1 Å². The zero-order valence-electron chi connectivity index (χ0n) is 10.6. The minimum absolute atomic E-state index is 0.0483. The Morgan fingerprint density at radius 1 is 1.20 bits per heavy atom. The number of halogens is 1. The van der Waals surface area contributed by atoms with Gasteiger partial charge in [0.15, 0.2) is 6.61 Å². The van der Waals surface area contributed by atoms with Crippen molar-refractivity contribution in [3.05, 3.63) is 58.6 Å². The Hall–Kier alpha value is -2.04. The zero-order valence-corrected chi connectivity index (χ0v) is 11.4. The molecule has 1 aliphatic heterocycles. The summed E-state index contributed by atoms with van der Waals surface area (Å²) < 4.78 is 5.32. The first kappa shape index (κ1) is 13.0. The van der Waals surface area contributed by atoms with Crippen molar-refractivity contribution in [3.8, 4) is 5.75 Å². The van der Waals surface area contributed by atoms with Gasteiger partial charge in [-0.3, -0.25) is 4.79 Å². The van der Waals surface area contributed by atoms with E-state index in [1.165, 1.54) is 0 Å². The highest BCUT2D eigenvalue weighted by Crippen LogP contribution is 2.32. The Bertz CT molecular complexity index is 673. The van der Waals surface area contributed by atoms with Crippen LogP contribution in [0, 0.1) is 0 Å². The van der Waals surface area contributed by atoms with Crippen molar-refractivity contribution in [1.82, 2.24) is 0 Å². The van der Waals surface area contributed by atoms with E-state index in [2.05, 4.69) is 5.32 Å². The van der Waals surface area contributed by atoms with Gasteiger partial charge in [0.25, 0.3) is 5.91 Å². The summed E-state index contributed by atoms with van der Waals surface area (Å²) in [5.74, 6) is 0.498. The quantitative estimate of drug-likeness (QED) is 0.893. The highest BCUT2D eigenvalue weighted by Gasteiger charge is 2.18. The molecule has 0 saturated heterocycles.